The molecule has 0 aliphatic heterocycles. The first kappa shape index (κ1) is 26.0. The minimum absolute atomic E-state index is 0.881. The van der Waals surface area contributed by atoms with Gasteiger partial charge in [-0.3, -0.25) is 0 Å². The standard InChI is InChI=1S/C30H46S/c1-4-7-9-11-12-15-19-26(18-14-10-8-5-2)25-31-29-22-23-30(27(6-3)24-29)28-20-16-13-17-21-28/h13,16-17,20-24,26H,4-12,14-15,18-19,25H2,1-3H3. The molecule has 1 heteroatoms. The van der Waals surface area contributed by atoms with Gasteiger partial charge in [0.2, 0.25) is 0 Å². The fourth-order valence-electron chi connectivity index (χ4n) is 4.45. The van der Waals surface area contributed by atoms with E-state index < -0.39 is 0 Å². The fourth-order valence-corrected chi connectivity index (χ4v) is 5.60. The Kier molecular flexibility index (Phi) is 13.8. The first-order valence-electron chi connectivity index (χ1n) is 13.1. The van der Waals surface area contributed by atoms with Crippen LogP contribution in [0.2, 0.25) is 0 Å². The van der Waals surface area contributed by atoms with Gasteiger partial charge in [0.15, 0.2) is 0 Å². The zero-order valence-electron chi connectivity index (χ0n) is 20.5. The van der Waals surface area contributed by atoms with E-state index in [1.807, 2.05) is 0 Å². The van der Waals surface area contributed by atoms with Crippen molar-refractivity contribution in [1.82, 2.24) is 0 Å². The summed E-state index contributed by atoms with van der Waals surface area (Å²) in [7, 11) is 0. The first-order valence-corrected chi connectivity index (χ1v) is 14.1. The van der Waals surface area contributed by atoms with Crippen LogP contribution in [-0.2, 0) is 6.42 Å². The third-order valence-electron chi connectivity index (χ3n) is 6.46. The summed E-state index contributed by atoms with van der Waals surface area (Å²) in [5, 5.41) is 0. The third kappa shape index (κ3) is 10.3. The molecule has 2 rings (SSSR count). The van der Waals surface area contributed by atoms with Gasteiger partial charge in [0.25, 0.3) is 0 Å². The molecule has 0 bridgehead atoms. The number of aryl methyl sites for hydroxylation is 1. The molecule has 2 aromatic rings. The van der Waals surface area contributed by atoms with Crippen molar-refractivity contribution in [2.45, 2.75) is 109 Å². The molecule has 0 aromatic heterocycles. The number of rotatable bonds is 17. The van der Waals surface area contributed by atoms with E-state index in [2.05, 4.69) is 81.1 Å². The Hall–Kier alpha value is -1.21. The van der Waals surface area contributed by atoms with Crippen LogP contribution in [0.3, 0.4) is 0 Å². The maximum Gasteiger partial charge on any atom is 0.00752 e. The van der Waals surface area contributed by atoms with E-state index in [9.17, 15) is 0 Å². The summed E-state index contributed by atoms with van der Waals surface area (Å²) in [5.41, 5.74) is 4.22. The molecule has 0 aliphatic rings. The Labute approximate surface area is 197 Å². The lowest BCUT2D eigenvalue weighted by Gasteiger charge is -2.17. The second kappa shape index (κ2) is 16.4. The highest BCUT2D eigenvalue weighted by Gasteiger charge is 2.11. The summed E-state index contributed by atoms with van der Waals surface area (Å²) in [5.74, 6) is 2.17. The quantitative estimate of drug-likeness (QED) is 0.175. The number of hydrogen-bond acceptors (Lipinski definition) is 1. The average molecular weight is 439 g/mol. The minimum Gasteiger partial charge on any atom is -0.126 e. The van der Waals surface area contributed by atoms with Crippen LogP contribution in [0.25, 0.3) is 11.1 Å². The molecule has 1 atom stereocenters. The van der Waals surface area contributed by atoms with E-state index >= 15 is 0 Å². The Bertz CT molecular complexity index is 691. The molecule has 0 radical (unpaired) electrons. The van der Waals surface area contributed by atoms with E-state index in [4.69, 9.17) is 0 Å². The molecule has 31 heavy (non-hydrogen) atoms. The Morgan fingerprint density at radius 2 is 1.29 bits per heavy atom. The molecule has 2 aromatic carbocycles. The van der Waals surface area contributed by atoms with Crippen molar-refractivity contribution in [3.05, 3.63) is 54.1 Å². The summed E-state index contributed by atoms with van der Waals surface area (Å²) in [6.07, 6.45) is 18.0. The van der Waals surface area contributed by atoms with Crippen molar-refractivity contribution in [2.75, 3.05) is 5.75 Å². The largest absolute Gasteiger partial charge is 0.126 e. The van der Waals surface area contributed by atoms with Gasteiger partial charge in [-0.25, -0.2) is 0 Å². The third-order valence-corrected chi connectivity index (χ3v) is 7.69. The normalized spacial score (nSPS) is 12.2. The second-order valence-electron chi connectivity index (χ2n) is 9.12. The van der Waals surface area contributed by atoms with Gasteiger partial charge in [-0.05, 0) is 54.0 Å². The lowest BCUT2D eigenvalue weighted by atomic mass is 9.96. The van der Waals surface area contributed by atoms with Crippen molar-refractivity contribution in [1.29, 1.82) is 0 Å². The predicted molar refractivity (Wildman–Crippen MR) is 142 cm³/mol. The maximum atomic E-state index is 2.45. The van der Waals surface area contributed by atoms with Crippen molar-refractivity contribution in [2.24, 2.45) is 5.92 Å². The topological polar surface area (TPSA) is 0 Å². The van der Waals surface area contributed by atoms with Crippen LogP contribution in [0.15, 0.2) is 53.4 Å². The maximum absolute atomic E-state index is 2.45. The number of thioether (sulfide) groups is 1. The first-order chi connectivity index (χ1) is 15.3. The summed E-state index contributed by atoms with van der Waals surface area (Å²) in [6.45, 7) is 6.90. The highest BCUT2D eigenvalue weighted by atomic mass is 32.2. The van der Waals surface area contributed by atoms with Crippen LogP contribution in [0.5, 0.6) is 0 Å². The predicted octanol–water partition coefficient (Wildman–Crippen LogP) is 10.3. The summed E-state index contributed by atoms with van der Waals surface area (Å²) in [4.78, 5) is 1.46. The van der Waals surface area contributed by atoms with Crippen LogP contribution >= 0.6 is 11.8 Å². The van der Waals surface area contributed by atoms with Gasteiger partial charge >= 0.3 is 0 Å². The van der Waals surface area contributed by atoms with Crippen LogP contribution in [0.1, 0.15) is 103 Å². The van der Waals surface area contributed by atoms with Gasteiger partial charge < -0.3 is 0 Å². The molecule has 0 aliphatic carbocycles. The highest BCUT2D eigenvalue weighted by molar-refractivity contribution is 7.99. The van der Waals surface area contributed by atoms with Crippen LogP contribution in [-0.4, -0.2) is 5.75 Å². The van der Waals surface area contributed by atoms with Gasteiger partial charge in [-0.15, -0.1) is 11.8 Å². The SMILES string of the molecule is CCCCCCCCC(CCCCCC)CSc1ccc(-c2ccccc2)c(CC)c1. The molecule has 0 saturated carbocycles. The van der Waals surface area contributed by atoms with E-state index in [0.29, 0.717) is 0 Å². The van der Waals surface area contributed by atoms with Crippen LogP contribution in [0.4, 0.5) is 0 Å². The van der Waals surface area contributed by atoms with Crippen LogP contribution in [0, 0.1) is 5.92 Å². The summed E-state index contributed by atoms with van der Waals surface area (Å²) < 4.78 is 0. The molecule has 0 fully saturated rings. The van der Waals surface area contributed by atoms with Crippen LogP contribution < -0.4 is 0 Å². The van der Waals surface area contributed by atoms with E-state index in [0.717, 1.165) is 12.3 Å². The monoisotopic (exact) mass is 438 g/mol. The molecule has 0 amide bonds. The zero-order valence-corrected chi connectivity index (χ0v) is 21.3. The van der Waals surface area contributed by atoms with Crippen molar-refractivity contribution >= 4 is 11.8 Å². The molecule has 0 nitrogen and oxygen atoms in total. The van der Waals surface area contributed by atoms with Gasteiger partial charge in [-0.2, -0.15) is 0 Å². The molecule has 0 spiro atoms. The molecule has 0 heterocycles. The Morgan fingerprint density at radius 1 is 0.677 bits per heavy atom. The lowest BCUT2D eigenvalue weighted by Crippen LogP contribution is -2.04. The molecule has 0 N–H and O–H groups in total. The summed E-state index contributed by atoms with van der Waals surface area (Å²) >= 11 is 2.10. The van der Waals surface area contributed by atoms with Gasteiger partial charge in [0.05, 0.1) is 0 Å². The van der Waals surface area contributed by atoms with Crippen molar-refractivity contribution in [3.8, 4) is 11.1 Å². The number of hydrogen-bond donors (Lipinski definition) is 0. The highest BCUT2D eigenvalue weighted by Crippen LogP contribution is 2.31. The van der Waals surface area contributed by atoms with E-state index in [1.165, 1.54) is 104 Å². The second-order valence-corrected chi connectivity index (χ2v) is 10.2. The zero-order chi connectivity index (χ0) is 22.2. The molecular formula is C30H46S. The Balaban J connectivity index is 1.90. The molecular weight excluding hydrogens is 392 g/mol. The van der Waals surface area contributed by atoms with Crippen molar-refractivity contribution < 1.29 is 0 Å². The van der Waals surface area contributed by atoms with Gasteiger partial charge in [-0.1, -0.05) is 121 Å². The smallest absolute Gasteiger partial charge is 0.00752 e. The average Bonchev–Trinajstić information content (AvgIpc) is 2.82. The molecule has 0 saturated heterocycles. The lowest BCUT2D eigenvalue weighted by molar-refractivity contribution is 0.440. The van der Waals surface area contributed by atoms with Crippen molar-refractivity contribution in [3.63, 3.8) is 0 Å². The fraction of sp³-hybridized carbons (Fsp3) is 0.600. The molecule has 172 valence electrons. The van der Waals surface area contributed by atoms with E-state index in [1.54, 1.807) is 0 Å². The Morgan fingerprint density at radius 3 is 1.94 bits per heavy atom. The van der Waals surface area contributed by atoms with Gasteiger partial charge in [0, 0.05) is 10.6 Å². The van der Waals surface area contributed by atoms with E-state index in [-0.39, 0.29) is 0 Å². The minimum atomic E-state index is 0.881. The van der Waals surface area contributed by atoms with Gasteiger partial charge in [0.1, 0.15) is 0 Å². The number of unbranched alkanes of at least 4 members (excludes halogenated alkanes) is 8. The molecule has 1 unspecified atom stereocenters. The number of benzene rings is 2. The summed E-state index contributed by atoms with van der Waals surface area (Å²) in [6, 6.07) is 18.0.